The molecule has 0 fully saturated rings. The molecule has 4 N–H and O–H groups in total. The first-order valence-electron chi connectivity index (χ1n) is 4.95. The lowest BCUT2D eigenvalue weighted by Crippen LogP contribution is -2.50. The van der Waals surface area contributed by atoms with E-state index < -0.39 is 24.6 Å². The number of aliphatic hydroxyl groups excluding tert-OH is 1. The Morgan fingerprint density at radius 2 is 1.73 bits per heavy atom. The molecular weight excluding hydrogens is 200 g/mol. The van der Waals surface area contributed by atoms with Gasteiger partial charge in [0.25, 0.3) is 0 Å². The van der Waals surface area contributed by atoms with Crippen LogP contribution >= 0.6 is 0 Å². The minimum absolute atomic E-state index is 0.0261. The highest BCUT2D eigenvalue weighted by atomic mass is 16.4. The highest BCUT2D eigenvalue weighted by Crippen LogP contribution is 1.95. The third-order valence-corrected chi connectivity index (χ3v) is 2.11. The Morgan fingerprint density at radius 3 is 2.07 bits per heavy atom. The second kappa shape index (κ2) is 7.05. The summed E-state index contributed by atoms with van der Waals surface area (Å²) in [6, 6.07) is -1.79. The van der Waals surface area contributed by atoms with Crippen molar-refractivity contribution in [1.82, 2.24) is 10.6 Å². The number of hydrogen-bond acceptors (Lipinski definition) is 3. The molecule has 0 aromatic rings. The van der Waals surface area contributed by atoms with Gasteiger partial charge in [0.15, 0.2) is 6.04 Å². The van der Waals surface area contributed by atoms with Crippen LogP contribution in [0.4, 0.5) is 4.79 Å². The van der Waals surface area contributed by atoms with Gasteiger partial charge in [-0.3, -0.25) is 0 Å². The zero-order chi connectivity index (χ0) is 11.8. The minimum Gasteiger partial charge on any atom is -0.480 e. The Balaban J connectivity index is 4.06. The van der Waals surface area contributed by atoms with Gasteiger partial charge in [-0.25, -0.2) is 9.59 Å². The van der Waals surface area contributed by atoms with Crippen molar-refractivity contribution < 1.29 is 19.8 Å². The molecule has 1 unspecified atom stereocenters. The van der Waals surface area contributed by atoms with Crippen LogP contribution in [0.15, 0.2) is 0 Å². The number of urea groups is 1. The fraction of sp³-hybridized carbons (Fsp3) is 0.778. The van der Waals surface area contributed by atoms with Gasteiger partial charge in [-0.1, -0.05) is 13.8 Å². The molecule has 0 saturated heterocycles. The molecular formula is C9H18N2O4. The summed E-state index contributed by atoms with van der Waals surface area (Å²) in [5.41, 5.74) is 0. The Kier molecular flexibility index (Phi) is 6.44. The summed E-state index contributed by atoms with van der Waals surface area (Å²) in [5, 5.41) is 22.0. The van der Waals surface area contributed by atoms with Gasteiger partial charge in [0.2, 0.25) is 0 Å². The highest BCUT2D eigenvalue weighted by Gasteiger charge is 2.19. The van der Waals surface area contributed by atoms with Crippen LogP contribution in [0.5, 0.6) is 0 Å². The molecule has 1 atom stereocenters. The van der Waals surface area contributed by atoms with Crippen molar-refractivity contribution >= 4 is 12.0 Å². The maximum atomic E-state index is 11.2. The van der Waals surface area contributed by atoms with Crippen molar-refractivity contribution in [3.05, 3.63) is 0 Å². The number of aliphatic carboxylic acids is 1. The molecule has 0 saturated carbocycles. The van der Waals surface area contributed by atoms with E-state index in [2.05, 4.69) is 10.6 Å². The summed E-state index contributed by atoms with van der Waals surface area (Å²) in [5.74, 6) is -1.25. The van der Waals surface area contributed by atoms with E-state index in [9.17, 15) is 9.59 Å². The lowest BCUT2D eigenvalue weighted by molar-refractivity contribution is -0.140. The number of aliphatic hydroxyl groups is 1. The average Bonchev–Trinajstić information content (AvgIpc) is 2.22. The van der Waals surface area contributed by atoms with Crippen molar-refractivity contribution in [1.29, 1.82) is 0 Å². The maximum absolute atomic E-state index is 11.2. The van der Waals surface area contributed by atoms with Gasteiger partial charge >= 0.3 is 12.0 Å². The van der Waals surface area contributed by atoms with E-state index in [4.69, 9.17) is 10.2 Å². The summed E-state index contributed by atoms with van der Waals surface area (Å²) < 4.78 is 0. The first-order valence-corrected chi connectivity index (χ1v) is 4.95. The standard InChI is InChI=1S/C9H18N2O4/c1-3-6(4-2)10-9(15)11-7(5-12)8(13)14/h6-7,12H,3-5H2,1-2H3,(H,13,14)(H2,10,11,15). The Hall–Kier alpha value is -1.30. The Morgan fingerprint density at radius 1 is 1.20 bits per heavy atom. The monoisotopic (exact) mass is 218 g/mol. The SMILES string of the molecule is CCC(CC)NC(=O)NC(CO)C(=O)O. The van der Waals surface area contributed by atoms with Crippen LogP contribution in [0.2, 0.25) is 0 Å². The van der Waals surface area contributed by atoms with Crippen molar-refractivity contribution in [3.63, 3.8) is 0 Å². The van der Waals surface area contributed by atoms with Crippen molar-refractivity contribution in [2.24, 2.45) is 0 Å². The second-order valence-corrected chi connectivity index (χ2v) is 3.20. The first kappa shape index (κ1) is 13.7. The van der Waals surface area contributed by atoms with Gasteiger partial charge in [-0.15, -0.1) is 0 Å². The van der Waals surface area contributed by atoms with Crippen LogP contribution in [-0.4, -0.2) is 40.9 Å². The van der Waals surface area contributed by atoms with E-state index in [-0.39, 0.29) is 6.04 Å². The molecule has 0 radical (unpaired) electrons. The van der Waals surface area contributed by atoms with Crippen LogP contribution in [0.1, 0.15) is 26.7 Å². The third-order valence-electron chi connectivity index (χ3n) is 2.11. The number of carboxylic acids is 1. The number of carboxylic acid groups (broad SMARTS) is 1. The van der Waals surface area contributed by atoms with E-state index >= 15 is 0 Å². The molecule has 0 aromatic heterocycles. The smallest absolute Gasteiger partial charge is 0.328 e. The van der Waals surface area contributed by atoms with E-state index in [1.54, 1.807) is 0 Å². The molecule has 0 bridgehead atoms. The normalized spacial score (nSPS) is 12.3. The first-order chi connectivity index (χ1) is 7.04. The summed E-state index contributed by atoms with van der Waals surface area (Å²) >= 11 is 0. The van der Waals surface area contributed by atoms with Gasteiger partial charge in [0.1, 0.15) is 0 Å². The summed E-state index contributed by atoms with van der Waals surface area (Å²) in [6.07, 6.45) is 1.56. The van der Waals surface area contributed by atoms with Crippen LogP contribution < -0.4 is 10.6 Å². The number of carbonyl (C=O) groups excluding carboxylic acids is 1. The van der Waals surface area contributed by atoms with Crippen LogP contribution in [-0.2, 0) is 4.79 Å². The molecule has 6 heteroatoms. The lowest BCUT2D eigenvalue weighted by atomic mass is 10.2. The van der Waals surface area contributed by atoms with Gasteiger partial charge in [-0.2, -0.15) is 0 Å². The van der Waals surface area contributed by atoms with Crippen LogP contribution in [0.3, 0.4) is 0 Å². The van der Waals surface area contributed by atoms with Crippen molar-refractivity contribution in [2.75, 3.05) is 6.61 Å². The summed E-state index contributed by atoms with van der Waals surface area (Å²) in [7, 11) is 0. The molecule has 2 amide bonds. The fourth-order valence-corrected chi connectivity index (χ4v) is 1.06. The number of rotatable bonds is 6. The van der Waals surface area contributed by atoms with E-state index in [0.29, 0.717) is 0 Å². The summed E-state index contributed by atoms with van der Waals surface area (Å²) in [6.45, 7) is 3.23. The summed E-state index contributed by atoms with van der Waals surface area (Å²) in [4.78, 5) is 21.7. The number of amides is 2. The molecule has 0 aliphatic rings. The largest absolute Gasteiger partial charge is 0.480 e. The van der Waals surface area contributed by atoms with E-state index in [1.165, 1.54) is 0 Å². The molecule has 0 heterocycles. The zero-order valence-electron chi connectivity index (χ0n) is 8.99. The highest BCUT2D eigenvalue weighted by molar-refractivity contribution is 5.82. The Labute approximate surface area is 88.7 Å². The fourth-order valence-electron chi connectivity index (χ4n) is 1.06. The molecule has 0 aliphatic carbocycles. The average molecular weight is 218 g/mol. The third kappa shape index (κ3) is 5.21. The van der Waals surface area contributed by atoms with Gasteiger partial charge in [0, 0.05) is 6.04 Å². The number of nitrogens with one attached hydrogen (secondary N) is 2. The van der Waals surface area contributed by atoms with Gasteiger partial charge < -0.3 is 20.8 Å². The molecule has 0 aromatic carbocycles. The molecule has 0 rings (SSSR count). The van der Waals surface area contributed by atoms with Gasteiger partial charge in [-0.05, 0) is 12.8 Å². The van der Waals surface area contributed by atoms with Crippen LogP contribution in [0, 0.1) is 0 Å². The van der Waals surface area contributed by atoms with Gasteiger partial charge in [0.05, 0.1) is 6.61 Å². The van der Waals surface area contributed by atoms with Crippen molar-refractivity contribution in [2.45, 2.75) is 38.8 Å². The lowest BCUT2D eigenvalue weighted by Gasteiger charge is -2.17. The molecule has 15 heavy (non-hydrogen) atoms. The van der Waals surface area contributed by atoms with Crippen LogP contribution in [0.25, 0.3) is 0 Å². The minimum atomic E-state index is -1.25. The quantitative estimate of drug-likeness (QED) is 0.501. The van der Waals surface area contributed by atoms with Crippen molar-refractivity contribution in [3.8, 4) is 0 Å². The van der Waals surface area contributed by atoms with E-state index in [0.717, 1.165) is 12.8 Å². The Bertz CT molecular complexity index is 216. The predicted octanol–water partition coefficient (Wildman–Crippen LogP) is -0.0803. The maximum Gasteiger partial charge on any atom is 0.328 e. The second-order valence-electron chi connectivity index (χ2n) is 3.20. The molecule has 0 aliphatic heterocycles. The molecule has 0 spiro atoms. The topological polar surface area (TPSA) is 98.7 Å². The molecule has 6 nitrogen and oxygen atoms in total. The number of carbonyl (C=O) groups is 2. The van der Waals surface area contributed by atoms with E-state index in [1.807, 2.05) is 13.8 Å². The number of hydrogen-bond donors (Lipinski definition) is 4. The predicted molar refractivity (Wildman–Crippen MR) is 54.5 cm³/mol. The molecule has 88 valence electrons. The zero-order valence-corrected chi connectivity index (χ0v) is 8.99.